The first kappa shape index (κ1) is 17.9. The average molecular weight is 357 g/mol. The van der Waals surface area contributed by atoms with E-state index < -0.39 is 17.9 Å². The molecule has 1 heterocycles. The molecule has 26 heavy (non-hydrogen) atoms. The fourth-order valence-corrected chi connectivity index (χ4v) is 2.95. The second kappa shape index (κ2) is 7.53. The third kappa shape index (κ3) is 3.83. The molecule has 0 saturated heterocycles. The van der Waals surface area contributed by atoms with Crippen LogP contribution in [0, 0.1) is 5.82 Å². The zero-order chi connectivity index (χ0) is 18.7. The summed E-state index contributed by atoms with van der Waals surface area (Å²) in [5.74, 6) is -1.08. The molecule has 2 aromatic carbocycles. The van der Waals surface area contributed by atoms with E-state index in [1.165, 1.54) is 12.1 Å². The topological polar surface area (TPSA) is 107 Å². The number of primary amides is 1. The molecule has 0 saturated carbocycles. The van der Waals surface area contributed by atoms with Gasteiger partial charge in [-0.05, 0) is 23.8 Å². The van der Waals surface area contributed by atoms with Gasteiger partial charge in [0.1, 0.15) is 17.6 Å². The predicted octanol–water partition coefficient (Wildman–Crippen LogP) is 1.43. The molecule has 0 radical (unpaired) electrons. The normalized spacial score (nSPS) is 16.9. The maximum Gasteiger partial charge on any atom is 0.255 e. The minimum Gasteiger partial charge on any atom is -0.492 e. The number of ether oxygens (including phenoxy) is 1. The summed E-state index contributed by atoms with van der Waals surface area (Å²) in [6.07, 6.45) is 0.837. The molecule has 6 nitrogen and oxygen atoms in total. The van der Waals surface area contributed by atoms with Crippen LogP contribution < -0.4 is 21.5 Å². The highest BCUT2D eigenvalue weighted by atomic mass is 19.1. The third-order valence-corrected chi connectivity index (χ3v) is 4.37. The molecular weight excluding hydrogens is 337 g/mol. The molecule has 0 aromatic heterocycles. The first-order valence-corrected chi connectivity index (χ1v) is 8.31. The van der Waals surface area contributed by atoms with E-state index in [4.69, 9.17) is 16.2 Å². The third-order valence-electron chi connectivity index (χ3n) is 4.37. The molecule has 2 atom stereocenters. The lowest BCUT2D eigenvalue weighted by molar-refractivity contribution is -0.119. The van der Waals surface area contributed by atoms with Crippen molar-refractivity contribution in [2.45, 2.75) is 24.9 Å². The minimum atomic E-state index is -0.930. The fourth-order valence-electron chi connectivity index (χ4n) is 2.95. The van der Waals surface area contributed by atoms with Crippen LogP contribution in [0.5, 0.6) is 5.75 Å². The molecule has 2 amide bonds. The first-order chi connectivity index (χ1) is 12.5. The number of fused-ring (bicyclic) bond motifs is 1. The van der Waals surface area contributed by atoms with Crippen LogP contribution in [0.2, 0.25) is 0 Å². The van der Waals surface area contributed by atoms with Crippen molar-refractivity contribution in [3.05, 3.63) is 65.0 Å². The number of hydrogen-bond donors (Lipinski definition) is 3. The summed E-state index contributed by atoms with van der Waals surface area (Å²) < 4.78 is 18.6. The molecule has 3 rings (SSSR count). The molecule has 0 aliphatic carbocycles. The SMILES string of the molecule is NC(=O)[C@H](Cc1ccc(F)cc1)NC(=O)c1cccc2c1OCC[C@@H]2N. The molecule has 0 spiro atoms. The molecule has 1 aliphatic rings. The van der Waals surface area contributed by atoms with Gasteiger partial charge in [-0.1, -0.05) is 24.3 Å². The van der Waals surface area contributed by atoms with Gasteiger partial charge in [0.05, 0.1) is 12.2 Å². The Morgan fingerprint density at radius 2 is 1.96 bits per heavy atom. The number of hydrogen-bond acceptors (Lipinski definition) is 4. The van der Waals surface area contributed by atoms with Gasteiger partial charge in [-0.25, -0.2) is 4.39 Å². The Balaban J connectivity index is 1.80. The lowest BCUT2D eigenvalue weighted by Crippen LogP contribution is -2.46. The molecule has 0 bridgehead atoms. The maximum atomic E-state index is 13.0. The molecule has 1 aliphatic heterocycles. The summed E-state index contributed by atoms with van der Waals surface area (Å²) in [6.45, 7) is 0.424. The fraction of sp³-hybridized carbons (Fsp3) is 0.263. The van der Waals surface area contributed by atoms with Crippen molar-refractivity contribution in [3.63, 3.8) is 0 Å². The van der Waals surface area contributed by atoms with Crippen molar-refractivity contribution in [2.75, 3.05) is 6.61 Å². The van der Waals surface area contributed by atoms with Crippen LogP contribution in [-0.4, -0.2) is 24.5 Å². The van der Waals surface area contributed by atoms with E-state index in [9.17, 15) is 14.0 Å². The Hall–Kier alpha value is -2.93. The summed E-state index contributed by atoms with van der Waals surface area (Å²) in [5.41, 5.74) is 13.2. The van der Waals surface area contributed by atoms with Crippen molar-refractivity contribution < 1.29 is 18.7 Å². The van der Waals surface area contributed by atoms with Crippen LogP contribution in [0.25, 0.3) is 0 Å². The minimum absolute atomic E-state index is 0.163. The zero-order valence-electron chi connectivity index (χ0n) is 14.1. The van der Waals surface area contributed by atoms with E-state index in [1.54, 1.807) is 24.3 Å². The lowest BCUT2D eigenvalue weighted by Gasteiger charge is -2.25. The number of carbonyl (C=O) groups is 2. The second-order valence-corrected chi connectivity index (χ2v) is 6.23. The van der Waals surface area contributed by atoms with Crippen molar-refractivity contribution in [3.8, 4) is 5.75 Å². The molecule has 0 unspecified atom stereocenters. The predicted molar refractivity (Wildman–Crippen MR) is 94.0 cm³/mol. The number of nitrogens with one attached hydrogen (secondary N) is 1. The Morgan fingerprint density at radius 3 is 2.65 bits per heavy atom. The largest absolute Gasteiger partial charge is 0.492 e. The van der Waals surface area contributed by atoms with E-state index in [0.717, 1.165) is 5.56 Å². The van der Waals surface area contributed by atoms with Crippen LogP contribution in [0.15, 0.2) is 42.5 Å². The van der Waals surface area contributed by atoms with Crippen LogP contribution in [-0.2, 0) is 11.2 Å². The smallest absolute Gasteiger partial charge is 0.255 e. The number of rotatable bonds is 5. The number of para-hydroxylation sites is 1. The Labute approximate surface area is 150 Å². The van der Waals surface area contributed by atoms with Crippen molar-refractivity contribution in [2.24, 2.45) is 11.5 Å². The van der Waals surface area contributed by atoms with Crippen LogP contribution in [0.4, 0.5) is 4.39 Å². The second-order valence-electron chi connectivity index (χ2n) is 6.23. The summed E-state index contributed by atoms with van der Waals surface area (Å²) >= 11 is 0. The van der Waals surface area contributed by atoms with Gasteiger partial charge in [-0.3, -0.25) is 9.59 Å². The number of amides is 2. The standard InChI is InChI=1S/C19H20FN3O3/c20-12-6-4-11(5-7-12)10-16(18(22)24)23-19(25)14-3-1-2-13-15(21)8-9-26-17(13)14/h1-7,15-16H,8-10,21H2,(H2,22,24)(H,23,25)/t15-,16-/m0/s1. The number of carbonyl (C=O) groups excluding carboxylic acids is 2. The van der Waals surface area contributed by atoms with Gasteiger partial charge in [0.2, 0.25) is 5.91 Å². The molecule has 0 fully saturated rings. The average Bonchev–Trinajstić information content (AvgIpc) is 2.62. The number of halogens is 1. The monoisotopic (exact) mass is 357 g/mol. The van der Waals surface area contributed by atoms with Gasteiger partial charge in [-0.2, -0.15) is 0 Å². The maximum absolute atomic E-state index is 13.0. The number of benzene rings is 2. The Morgan fingerprint density at radius 1 is 1.23 bits per heavy atom. The van der Waals surface area contributed by atoms with Gasteiger partial charge in [-0.15, -0.1) is 0 Å². The molecule has 5 N–H and O–H groups in total. The lowest BCUT2D eigenvalue weighted by atomic mass is 9.97. The van der Waals surface area contributed by atoms with Crippen LogP contribution >= 0.6 is 0 Å². The van der Waals surface area contributed by atoms with E-state index in [-0.39, 0.29) is 18.3 Å². The summed E-state index contributed by atoms with van der Waals surface area (Å²) in [6, 6.07) is 9.70. The van der Waals surface area contributed by atoms with Gasteiger partial charge < -0.3 is 21.5 Å². The number of nitrogens with two attached hydrogens (primary N) is 2. The van der Waals surface area contributed by atoms with Crippen LogP contribution in [0.1, 0.15) is 33.9 Å². The molecule has 2 aromatic rings. The van der Waals surface area contributed by atoms with Gasteiger partial charge in [0, 0.05) is 24.4 Å². The molecule has 136 valence electrons. The first-order valence-electron chi connectivity index (χ1n) is 8.31. The van der Waals surface area contributed by atoms with E-state index in [0.29, 0.717) is 29.9 Å². The van der Waals surface area contributed by atoms with Crippen molar-refractivity contribution in [1.82, 2.24) is 5.32 Å². The van der Waals surface area contributed by atoms with Crippen molar-refractivity contribution in [1.29, 1.82) is 0 Å². The summed E-state index contributed by atoms with van der Waals surface area (Å²) in [5, 5.41) is 2.63. The van der Waals surface area contributed by atoms with Crippen molar-refractivity contribution >= 4 is 11.8 Å². The van der Waals surface area contributed by atoms with E-state index in [2.05, 4.69) is 5.32 Å². The molecule has 7 heteroatoms. The summed E-state index contributed by atoms with van der Waals surface area (Å²) in [4.78, 5) is 24.4. The highest BCUT2D eigenvalue weighted by molar-refractivity contribution is 6.00. The highest BCUT2D eigenvalue weighted by Crippen LogP contribution is 2.33. The van der Waals surface area contributed by atoms with Crippen LogP contribution in [0.3, 0.4) is 0 Å². The Kier molecular flexibility index (Phi) is 5.18. The van der Waals surface area contributed by atoms with Gasteiger partial charge >= 0.3 is 0 Å². The summed E-state index contributed by atoms with van der Waals surface area (Å²) in [7, 11) is 0. The quantitative estimate of drug-likeness (QED) is 0.752. The van der Waals surface area contributed by atoms with E-state index in [1.807, 2.05) is 6.07 Å². The van der Waals surface area contributed by atoms with E-state index >= 15 is 0 Å². The van der Waals surface area contributed by atoms with Gasteiger partial charge in [0.15, 0.2) is 0 Å². The molecular formula is C19H20FN3O3. The highest BCUT2D eigenvalue weighted by Gasteiger charge is 2.26. The van der Waals surface area contributed by atoms with Gasteiger partial charge in [0.25, 0.3) is 5.91 Å². The Bertz CT molecular complexity index is 823. The zero-order valence-corrected chi connectivity index (χ0v) is 14.1.